The van der Waals surface area contributed by atoms with E-state index in [2.05, 4.69) is 17.4 Å². The number of carbonyl (C=O) groups excluding carboxylic acids is 1. The number of carbonyl (C=O) groups is 1. The lowest BCUT2D eigenvalue weighted by Crippen LogP contribution is -2.39. The highest BCUT2D eigenvalue weighted by molar-refractivity contribution is 5.88. The molecule has 1 unspecified atom stereocenters. The Kier molecular flexibility index (Phi) is 6.31. The number of ether oxygens (including phenoxy) is 2. The molecule has 0 aromatic heterocycles. The first-order chi connectivity index (χ1) is 13.2. The number of rotatable bonds is 8. The molecule has 27 heavy (non-hydrogen) atoms. The molecule has 3 aromatic carbocycles. The molecule has 0 spiro atoms. The number of aryl methyl sites for hydroxylation is 1. The highest BCUT2D eigenvalue weighted by Gasteiger charge is 2.18. The molecule has 0 saturated carbocycles. The second-order valence-electron chi connectivity index (χ2n) is 6.40. The van der Waals surface area contributed by atoms with Crippen molar-refractivity contribution in [3.63, 3.8) is 0 Å². The number of fused-ring (bicyclic) bond motifs is 1. The third-order valence-electron chi connectivity index (χ3n) is 4.43. The zero-order valence-corrected chi connectivity index (χ0v) is 15.8. The smallest absolute Gasteiger partial charge is 0.261 e. The largest absolute Gasteiger partial charge is 0.491 e. The minimum Gasteiger partial charge on any atom is -0.491 e. The molecule has 0 heterocycles. The van der Waals surface area contributed by atoms with Crippen LogP contribution in [0.4, 0.5) is 0 Å². The number of amides is 1. The van der Waals surface area contributed by atoms with Crippen molar-refractivity contribution >= 4 is 16.7 Å². The second-order valence-corrected chi connectivity index (χ2v) is 6.40. The van der Waals surface area contributed by atoms with Crippen LogP contribution in [0, 0.1) is 6.92 Å². The molecule has 3 rings (SSSR count). The Bertz CT molecular complexity index is 902. The summed E-state index contributed by atoms with van der Waals surface area (Å²) in [5, 5.41) is 5.11. The minimum atomic E-state index is -0.511. The summed E-state index contributed by atoms with van der Waals surface area (Å²) in [6, 6.07) is 21.8. The molecule has 1 amide bonds. The first-order valence-corrected chi connectivity index (χ1v) is 9.29. The Labute approximate surface area is 160 Å². The Hall–Kier alpha value is -3.01. The van der Waals surface area contributed by atoms with Crippen LogP contribution in [-0.2, 0) is 4.79 Å². The maximum atomic E-state index is 12.4. The van der Waals surface area contributed by atoms with Gasteiger partial charge in [-0.1, -0.05) is 61.5 Å². The predicted octanol–water partition coefficient (Wildman–Crippen LogP) is 4.50. The predicted molar refractivity (Wildman–Crippen MR) is 108 cm³/mol. The summed E-state index contributed by atoms with van der Waals surface area (Å²) in [6.07, 6.45) is 0.0910. The fourth-order valence-corrected chi connectivity index (χ4v) is 2.93. The molecule has 0 radical (unpaired) electrons. The van der Waals surface area contributed by atoms with Gasteiger partial charge in [0.15, 0.2) is 6.10 Å². The van der Waals surface area contributed by atoms with Gasteiger partial charge in [-0.2, -0.15) is 0 Å². The van der Waals surface area contributed by atoms with E-state index >= 15 is 0 Å². The van der Waals surface area contributed by atoms with Crippen molar-refractivity contribution < 1.29 is 14.3 Å². The third-order valence-corrected chi connectivity index (χ3v) is 4.43. The zero-order chi connectivity index (χ0) is 19.1. The summed E-state index contributed by atoms with van der Waals surface area (Å²) >= 11 is 0. The van der Waals surface area contributed by atoms with Gasteiger partial charge in [-0.25, -0.2) is 0 Å². The molecule has 4 heteroatoms. The van der Waals surface area contributed by atoms with Crippen LogP contribution < -0.4 is 14.8 Å². The highest BCUT2D eigenvalue weighted by atomic mass is 16.5. The normalized spacial score (nSPS) is 11.8. The fraction of sp³-hybridized carbons (Fsp3) is 0.261. The number of benzene rings is 3. The van der Waals surface area contributed by atoms with Crippen LogP contribution >= 0.6 is 0 Å². The van der Waals surface area contributed by atoms with Crippen LogP contribution in [0.2, 0.25) is 0 Å². The van der Waals surface area contributed by atoms with E-state index in [1.165, 1.54) is 0 Å². The number of hydrogen-bond acceptors (Lipinski definition) is 3. The van der Waals surface area contributed by atoms with E-state index in [1.807, 2.05) is 68.4 Å². The van der Waals surface area contributed by atoms with Crippen LogP contribution in [0.5, 0.6) is 11.5 Å². The average molecular weight is 363 g/mol. The Balaban J connectivity index is 1.51. The van der Waals surface area contributed by atoms with Crippen LogP contribution in [0.25, 0.3) is 10.8 Å². The van der Waals surface area contributed by atoms with Gasteiger partial charge in [0.25, 0.3) is 5.91 Å². The van der Waals surface area contributed by atoms with Crippen molar-refractivity contribution in [2.75, 3.05) is 13.2 Å². The summed E-state index contributed by atoms with van der Waals surface area (Å²) in [7, 11) is 0. The van der Waals surface area contributed by atoms with Gasteiger partial charge < -0.3 is 14.8 Å². The van der Waals surface area contributed by atoms with Gasteiger partial charge >= 0.3 is 0 Å². The average Bonchev–Trinajstić information content (AvgIpc) is 2.70. The van der Waals surface area contributed by atoms with Crippen LogP contribution in [-0.4, -0.2) is 25.2 Å². The Morgan fingerprint density at radius 1 is 0.963 bits per heavy atom. The molecule has 140 valence electrons. The van der Waals surface area contributed by atoms with Gasteiger partial charge in [-0.3, -0.25) is 4.79 Å². The molecule has 1 N–H and O–H groups in total. The number of para-hydroxylation sites is 1. The zero-order valence-electron chi connectivity index (χ0n) is 15.8. The lowest BCUT2D eigenvalue weighted by molar-refractivity contribution is -0.128. The summed E-state index contributed by atoms with van der Waals surface area (Å²) in [6.45, 7) is 4.74. The molecule has 3 aromatic rings. The van der Waals surface area contributed by atoms with Crippen LogP contribution in [0.3, 0.4) is 0 Å². The van der Waals surface area contributed by atoms with Crippen molar-refractivity contribution in [3.05, 3.63) is 72.3 Å². The van der Waals surface area contributed by atoms with E-state index in [0.717, 1.165) is 27.8 Å². The van der Waals surface area contributed by atoms with Crippen molar-refractivity contribution in [2.45, 2.75) is 26.4 Å². The summed E-state index contributed by atoms with van der Waals surface area (Å²) in [5.74, 6) is 1.44. The van der Waals surface area contributed by atoms with Gasteiger partial charge in [0.1, 0.15) is 18.1 Å². The molecule has 0 bridgehead atoms. The van der Waals surface area contributed by atoms with Crippen molar-refractivity contribution in [1.82, 2.24) is 5.32 Å². The first-order valence-electron chi connectivity index (χ1n) is 9.29. The van der Waals surface area contributed by atoms with E-state index in [-0.39, 0.29) is 5.91 Å². The van der Waals surface area contributed by atoms with Crippen molar-refractivity contribution in [3.8, 4) is 11.5 Å². The topological polar surface area (TPSA) is 47.6 Å². The van der Waals surface area contributed by atoms with Gasteiger partial charge in [0.05, 0.1) is 6.54 Å². The quantitative estimate of drug-likeness (QED) is 0.600. The number of nitrogens with one attached hydrogen (secondary N) is 1. The lowest BCUT2D eigenvalue weighted by atomic mass is 10.1. The maximum Gasteiger partial charge on any atom is 0.261 e. The summed E-state index contributed by atoms with van der Waals surface area (Å²) in [4.78, 5) is 12.4. The molecule has 0 saturated heterocycles. The summed E-state index contributed by atoms with van der Waals surface area (Å²) < 4.78 is 11.7. The van der Waals surface area contributed by atoms with E-state index in [4.69, 9.17) is 9.47 Å². The highest BCUT2D eigenvalue weighted by Crippen LogP contribution is 2.25. The molecule has 1 atom stereocenters. The molecule has 0 fully saturated rings. The van der Waals surface area contributed by atoms with E-state index in [9.17, 15) is 4.79 Å². The maximum absolute atomic E-state index is 12.4. The van der Waals surface area contributed by atoms with E-state index in [0.29, 0.717) is 19.6 Å². The lowest BCUT2D eigenvalue weighted by Gasteiger charge is -2.18. The SMILES string of the molecule is CCC(Oc1ccccc1C)C(=O)NCCOc1cccc2ccccc12. The van der Waals surface area contributed by atoms with E-state index in [1.54, 1.807) is 0 Å². The first kappa shape index (κ1) is 18.8. The van der Waals surface area contributed by atoms with Gasteiger partial charge in [-0.05, 0) is 36.4 Å². The fourth-order valence-electron chi connectivity index (χ4n) is 2.93. The van der Waals surface area contributed by atoms with Gasteiger partial charge in [0.2, 0.25) is 0 Å². The minimum absolute atomic E-state index is 0.123. The van der Waals surface area contributed by atoms with Gasteiger partial charge in [0, 0.05) is 5.39 Å². The van der Waals surface area contributed by atoms with E-state index < -0.39 is 6.10 Å². The molecule has 0 aliphatic heterocycles. The number of hydrogen-bond donors (Lipinski definition) is 1. The third kappa shape index (κ3) is 4.79. The molecular weight excluding hydrogens is 338 g/mol. The standard InChI is InChI=1S/C23H25NO3/c1-3-20(27-21-13-7-4-9-17(21)2)23(25)24-15-16-26-22-14-8-11-18-10-5-6-12-19(18)22/h4-14,20H,3,15-16H2,1-2H3,(H,24,25). The van der Waals surface area contributed by atoms with Crippen molar-refractivity contribution in [1.29, 1.82) is 0 Å². The second kappa shape index (κ2) is 9.08. The van der Waals surface area contributed by atoms with Gasteiger partial charge in [-0.15, -0.1) is 0 Å². The monoisotopic (exact) mass is 363 g/mol. The molecular formula is C23H25NO3. The Morgan fingerprint density at radius 3 is 2.48 bits per heavy atom. The Morgan fingerprint density at radius 2 is 1.67 bits per heavy atom. The molecule has 0 aliphatic carbocycles. The molecule has 0 aliphatic rings. The molecule has 4 nitrogen and oxygen atoms in total. The van der Waals surface area contributed by atoms with Crippen molar-refractivity contribution in [2.24, 2.45) is 0 Å². The van der Waals surface area contributed by atoms with Crippen LogP contribution in [0.15, 0.2) is 66.7 Å². The summed E-state index contributed by atoms with van der Waals surface area (Å²) in [5.41, 5.74) is 1.02. The van der Waals surface area contributed by atoms with Crippen LogP contribution in [0.1, 0.15) is 18.9 Å².